The molecule has 0 amide bonds. The molecule has 5 heteroatoms. The smallest absolute Gasteiger partial charge is 0.121 e. The van der Waals surface area contributed by atoms with E-state index in [0.29, 0.717) is 13.0 Å². The van der Waals surface area contributed by atoms with E-state index in [1.54, 1.807) is 7.11 Å². The molecule has 2 aromatic carbocycles. The molecule has 5 nitrogen and oxygen atoms in total. The average Bonchev–Trinajstić information content (AvgIpc) is 2.87. The van der Waals surface area contributed by atoms with Gasteiger partial charge in [0.05, 0.1) is 24.8 Å². The number of hydrogen-bond donors (Lipinski definition) is 2. The van der Waals surface area contributed by atoms with Crippen molar-refractivity contribution in [2.75, 3.05) is 19.5 Å². The first kappa shape index (κ1) is 14.4. The number of aliphatic hydroxyl groups is 1. The van der Waals surface area contributed by atoms with Crippen molar-refractivity contribution in [1.82, 2.24) is 9.55 Å². The average molecular weight is 297 g/mol. The Hall–Kier alpha value is -2.53. The Labute approximate surface area is 129 Å². The number of aromatic nitrogens is 2. The highest BCUT2D eigenvalue weighted by molar-refractivity contribution is 5.78. The maximum absolute atomic E-state index is 9.34. The molecule has 0 fully saturated rings. The zero-order chi connectivity index (χ0) is 15.5. The minimum absolute atomic E-state index is 0.0756. The van der Waals surface area contributed by atoms with Gasteiger partial charge in [-0.25, -0.2) is 4.98 Å². The van der Waals surface area contributed by atoms with Gasteiger partial charge in [0, 0.05) is 24.7 Å². The van der Waals surface area contributed by atoms with Crippen molar-refractivity contribution in [2.24, 2.45) is 0 Å². The van der Waals surface area contributed by atoms with Gasteiger partial charge in [-0.3, -0.25) is 0 Å². The van der Waals surface area contributed by atoms with Crippen LogP contribution in [0, 0.1) is 0 Å². The predicted molar refractivity (Wildman–Crippen MR) is 87.0 cm³/mol. The zero-order valence-electron chi connectivity index (χ0n) is 12.5. The molecule has 0 atom stereocenters. The Kier molecular flexibility index (Phi) is 3.98. The second kappa shape index (κ2) is 6.07. The van der Waals surface area contributed by atoms with Gasteiger partial charge in [0.15, 0.2) is 0 Å². The number of nitrogen functional groups attached to an aromatic ring is 1. The summed E-state index contributed by atoms with van der Waals surface area (Å²) in [6, 6.07) is 13.6. The third kappa shape index (κ3) is 2.76. The van der Waals surface area contributed by atoms with Crippen LogP contribution < -0.4 is 10.5 Å². The number of fused-ring (bicyclic) bond motifs is 1. The first-order chi connectivity index (χ1) is 10.7. The van der Waals surface area contributed by atoms with Crippen molar-refractivity contribution < 1.29 is 9.84 Å². The minimum atomic E-state index is 0.0756. The fraction of sp³-hybridized carbons (Fsp3) is 0.235. The highest BCUT2D eigenvalue weighted by atomic mass is 16.5. The molecular formula is C17H19N3O2. The van der Waals surface area contributed by atoms with E-state index in [4.69, 9.17) is 15.5 Å². The van der Waals surface area contributed by atoms with Gasteiger partial charge in [-0.15, -0.1) is 0 Å². The standard InChI is InChI=1S/C17H19N3O2/c1-22-14-6-7-16-15(11-14)19-17(20(16)8-9-21)10-12-2-4-13(18)5-3-12/h2-7,11,21H,8-10,18H2,1H3. The lowest BCUT2D eigenvalue weighted by atomic mass is 10.1. The van der Waals surface area contributed by atoms with E-state index in [1.807, 2.05) is 47.0 Å². The second-order valence-corrected chi connectivity index (χ2v) is 5.18. The van der Waals surface area contributed by atoms with Crippen LogP contribution in [0.2, 0.25) is 0 Å². The molecule has 0 aliphatic heterocycles. The molecule has 114 valence electrons. The van der Waals surface area contributed by atoms with Gasteiger partial charge in [0.1, 0.15) is 11.6 Å². The molecule has 0 spiro atoms. The van der Waals surface area contributed by atoms with Crippen LogP contribution >= 0.6 is 0 Å². The lowest BCUT2D eigenvalue weighted by Crippen LogP contribution is -2.07. The molecule has 0 bridgehead atoms. The van der Waals surface area contributed by atoms with Crippen molar-refractivity contribution in [3.63, 3.8) is 0 Å². The van der Waals surface area contributed by atoms with Crippen molar-refractivity contribution in [3.8, 4) is 5.75 Å². The summed E-state index contributed by atoms with van der Waals surface area (Å²) in [5, 5.41) is 9.34. The number of benzene rings is 2. The molecule has 0 unspecified atom stereocenters. The molecule has 3 N–H and O–H groups in total. The van der Waals surface area contributed by atoms with E-state index in [1.165, 1.54) is 0 Å². The molecule has 0 saturated heterocycles. The molecule has 0 radical (unpaired) electrons. The topological polar surface area (TPSA) is 73.3 Å². The summed E-state index contributed by atoms with van der Waals surface area (Å²) in [6.45, 7) is 0.597. The maximum atomic E-state index is 9.34. The maximum Gasteiger partial charge on any atom is 0.121 e. The highest BCUT2D eigenvalue weighted by Crippen LogP contribution is 2.23. The van der Waals surface area contributed by atoms with Crippen LogP contribution in [0.4, 0.5) is 5.69 Å². The Bertz CT molecular complexity index is 778. The van der Waals surface area contributed by atoms with Crippen molar-refractivity contribution >= 4 is 16.7 Å². The lowest BCUT2D eigenvalue weighted by molar-refractivity contribution is 0.276. The molecule has 1 heterocycles. The fourth-order valence-corrected chi connectivity index (χ4v) is 2.59. The summed E-state index contributed by atoms with van der Waals surface area (Å²) < 4.78 is 7.30. The van der Waals surface area contributed by atoms with Gasteiger partial charge in [0.2, 0.25) is 0 Å². The lowest BCUT2D eigenvalue weighted by Gasteiger charge is -2.08. The molecular weight excluding hydrogens is 278 g/mol. The van der Waals surface area contributed by atoms with Crippen LogP contribution in [0.5, 0.6) is 5.75 Å². The SMILES string of the molecule is COc1ccc2c(c1)nc(Cc1ccc(N)cc1)n2CCO. The Morgan fingerprint density at radius 3 is 2.64 bits per heavy atom. The van der Waals surface area contributed by atoms with Crippen LogP contribution in [-0.2, 0) is 13.0 Å². The molecule has 0 aliphatic carbocycles. The van der Waals surface area contributed by atoms with Crippen LogP contribution in [-0.4, -0.2) is 28.4 Å². The number of nitrogens with two attached hydrogens (primary N) is 1. The number of hydrogen-bond acceptors (Lipinski definition) is 4. The molecule has 1 aromatic heterocycles. The summed E-state index contributed by atoms with van der Waals surface area (Å²) in [6.07, 6.45) is 0.692. The van der Waals surface area contributed by atoms with E-state index in [2.05, 4.69) is 0 Å². The van der Waals surface area contributed by atoms with E-state index in [0.717, 1.165) is 33.9 Å². The number of nitrogens with zero attached hydrogens (tertiary/aromatic N) is 2. The highest BCUT2D eigenvalue weighted by Gasteiger charge is 2.11. The third-order valence-corrected chi connectivity index (χ3v) is 3.70. The number of ether oxygens (including phenoxy) is 1. The summed E-state index contributed by atoms with van der Waals surface area (Å²) in [4.78, 5) is 4.70. The first-order valence-electron chi connectivity index (χ1n) is 7.19. The Morgan fingerprint density at radius 1 is 1.18 bits per heavy atom. The summed E-state index contributed by atoms with van der Waals surface area (Å²) >= 11 is 0. The van der Waals surface area contributed by atoms with Gasteiger partial charge in [0.25, 0.3) is 0 Å². The number of aliphatic hydroxyl groups excluding tert-OH is 1. The van der Waals surface area contributed by atoms with Crippen molar-refractivity contribution in [1.29, 1.82) is 0 Å². The quantitative estimate of drug-likeness (QED) is 0.708. The van der Waals surface area contributed by atoms with E-state index in [-0.39, 0.29) is 6.61 Å². The molecule has 3 rings (SSSR count). The third-order valence-electron chi connectivity index (χ3n) is 3.70. The molecule has 0 aliphatic rings. The largest absolute Gasteiger partial charge is 0.497 e. The van der Waals surface area contributed by atoms with E-state index < -0.39 is 0 Å². The molecule has 3 aromatic rings. The van der Waals surface area contributed by atoms with Crippen LogP contribution in [0.25, 0.3) is 11.0 Å². The fourth-order valence-electron chi connectivity index (χ4n) is 2.59. The Morgan fingerprint density at radius 2 is 1.95 bits per heavy atom. The Balaban J connectivity index is 2.03. The summed E-state index contributed by atoms with van der Waals surface area (Å²) in [5.74, 6) is 1.70. The number of imidazole rings is 1. The monoisotopic (exact) mass is 297 g/mol. The number of anilines is 1. The van der Waals surface area contributed by atoms with Crippen LogP contribution in [0.15, 0.2) is 42.5 Å². The number of methoxy groups -OCH3 is 1. The summed E-state index contributed by atoms with van der Waals surface area (Å²) in [5.41, 5.74) is 9.48. The van der Waals surface area contributed by atoms with Crippen LogP contribution in [0.1, 0.15) is 11.4 Å². The van der Waals surface area contributed by atoms with Crippen LogP contribution in [0.3, 0.4) is 0 Å². The van der Waals surface area contributed by atoms with E-state index in [9.17, 15) is 5.11 Å². The first-order valence-corrected chi connectivity index (χ1v) is 7.19. The van der Waals surface area contributed by atoms with Gasteiger partial charge in [-0.05, 0) is 29.8 Å². The van der Waals surface area contributed by atoms with Crippen molar-refractivity contribution in [2.45, 2.75) is 13.0 Å². The van der Waals surface area contributed by atoms with Gasteiger partial charge in [-0.2, -0.15) is 0 Å². The van der Waals surface area contributed by atoms with Gasteiger partial charge < -0.3 is 20.1 Å². The molecule has 0 saturated carbocycles. The minimum Gasteiger partial charge on any atom is -0.497 e. The van der Waals surface area contributed by atoms with Crippen molar-refractivity contribution in [3.05, 3.63) is 53.9 Å². The normalized spacial score (nSPS) is 11.0. The number of rotatable bonds is 5. The van der Waals surface area contributed by atoms with E-state index >= 15 is 0 Å². The van der Waals surface area contributed by atoms with Gasteiger partial charge >= 0.3 is 0 Å². The summed E-state index contributed by atoms with van der Waals surface area (Å²) in [7, 11) is 1.64. The zero-order valence-corrected chi connectivity index (χ0v) is 12.5. The molecule has 22 heavy (non-hydrogen) atoms. The predicted octanol–water partition coefficient (Wildman–Crippen LogP) is 2.21. The second-order valence-electron chi connectivity index (χ2n) is 5.18. The van der Waals surface area contributed by atoms with Gasteiger partial charge in [-0.1, -0.05) is 12.1 Å².